The number of methoxy groups -OCH3 is 2. The number of benzene rings is 1. The molecule has 8 heteroatoms. The van der Waals surface area contributed by atoms with Gasteiger partial charge in [0.2, 0.25) is 0 Å². The summed E-state index contributed by atoms with van der Waals surface area (Å²) in [6.07, 6.45) is 3.88. The van der Waals surface area contributed by atoms with Gasteiger partial charge < -0.3 is 19.8 Å². The molecule has 0 saturated heterocycles. The fraction of sp³-hybridized carbons (Fsp3) is 0.350. The normalized spacial score (nSPS) is 18.2. The molecular weight excluding hydrogens is 378 g/mol. The fourth-order valence-electron chi connectivity index (χ4n) is 3.90. The minimum absolute atomic E-state index is 0.0625. The standard InChI is InChI=1S/C20H21N3O4S/c1-26-13-8-7-10(9-14(13)27-2)15-16-11(5-4-6-12(16)24)21-18-17(15)19(25)23-20(22-18)28-3/h7-9,15H,4-6H2,1-3H3,(H2,21,22,23,25)/t15-/m1/s1. The third kappa shape index (κ3) is 2.97. The molecule has 28 heavy (non-hydrogen) atoms. The number of thioether (sulfide) groups is 1. The van der Waals surface area contributed by atoms with E-state index in [1.54, 1.807) is 20.3 Å². The molecule has 0 amide bonds. The van der Waals surface area contributed by atoms with Crippen LogP contribution >= 0.6 is 11.8 Å². The Morgan fingerprint density at radius 2 is 1.93 bits per heavy atom. The van der Waals surface area contributed by atoms with Crippen LogP contribution in [0, 0.1) is 0 Å². The molecule has 1 atom stereocenters. The topological polar surface area (TPSA) is 93.3 Å². The molecule has 146 valence electrons. The summed E-state index contributed by atoms with van der Waals surface area (Å²) in [5.41, 5.74) is 2.52. The van der Waals surface area contributed by atoms with Gasteiger partial charge in [-0.3, -0.25) is 9.59 Å². The number of nitrogens with zero attached hydrogens (tertiary/aromatic N) is 1. The van der Waals surface area contributed by atoms with Gasteiger partial charge >= 0.3 is 0 Å². The van der Waals surface area contributed by atoms with Gasteiger partial charge in [-0.1, -0.05) is 17.8 Å². The van der Waals surface area contributed by atoms with Crippen molar-refractivity contribution < 1.29 is 14.3 Å². The van der Waals surface area contributed by atoms with Crippen LogP contribution < -0.4 is 20.3 Å². The molecule has 2 aromatic rings. The Morgan fingerprint density at radius 1 is 1.14 bits per heavy atom. The molecule has 7 nitrogen and oxygen atoms in total. The molecule has 0 saturated carbocycles. The molecule has 0 bridgehead atoms. The van der Waals surface area contributed by atoms with Crippen LogP contribution in [0.5, 0.6) is 11.5 Å². The number of ether oxygens (including phenoxy) is 2. The molecule has 1 aliphatic carbocycles. The molecule has 2 N–H and O–H groups in total. The zero-order chi connectivity index (χ0) is 19.8. The smallest absolute Gasteiger partial charge is 0.257 e. The van der Waals surface area contributed by atoms with Gasteiger partial charge in [-0.05, 0) is 36.8 Å². The SMILES string of the molecule is COc1ccc([C@@H]2C3=C(CCCC3=O)Nc3nc(SC)[nH]c(=O)c32)cc1OC. The summed E-state index contributed by atoms with van der Waals surface area (Å²) in [6.45, 7) is 0. The summed E-state index contributed by atoms with van der Waals surface area (Å²) < 4.78 is 10.8. The van der Waals surface area contributed by atoms with E-state index in [1.165, 1.54) is 11.8 Å². The predicted octanol–water partition coefficient (Wildman–Crippen LogP) is 3.07. The molecule has 1 aromatic heterocycles. The fourth-order valence-corrected chi connectivity index (χ4v) is 4.28. The number of allylic oxidation sites excluding steroid dienone is 2. The van der Waals surface area contributed by atoms with Gasteiger partial charge in [0.25, 0.3) is 5.56 Å². The van der Waals surface area contributed by atoms with Crippen molar-refractivity contribution >= 4 is 23.4 Å². The number of carbonyl (C=O) groups excluding carboxylic acids is 1. The first-order valence-electron chi connectivity index (χ1n) is 9.00. The minimum atomic E-state index is -0.494. The molecular formula is C20H21N3O4S. The number of H-pyrrole nitrogens is 1. The van der Waals surface area contributed by atoms with Crippen molar-refractivity contribution in [1.29, 1.82) is 0 Å². The Labute approximate surface area is 166 Å². The number of hydrogen-bond acceptors (Lipinski definition) is 7. The number of aromatic nitrogens is 2. The van der Waals surface area contributed by atoms with E-state index in [1.807, 2.05) is 18.4 Å². The average molecular weight is 399 g/mol. The summed E-state index contributed by atoms with van der Waals surface area (Å²) in [5.74, 6) is 1.23. The minimum Gasteiger partial charge on any atom is -0.493 e. The third-order valence-corrected chi connectivity index (χ3v) is 5.75. The van der Waals surface area contributed by atoms with E-state index in [4.69, 9.17) is 9.47 Å². The Morgan fingerprint density at radius 3 is 2.64 bits per heavy atom. The van der Waals surface area contributed by atoms with Gasteiger partial charge in [0.1, 0.15) is 5.82 Å². The van der Waals surface area contributed by atoms with E-state index >= 15 is 0 Å². The lowest BCUT2D eigenvalue weighted by Crippen LogP contribution is -2.32. The molecule has 0 fully saturated rings. The van der Waals surface area contributed by atoms with E-state index in [9.17, 15) is 9.59 Å². The second-order valence-corrected chi connectivity index (χ2v) is 7.47. The number of Topliss-reactive ketones (excluding diaryl/α,β-unsaturated/α-hetero) is 1. The lowest BCUT2D eigenvalue weighted by Gasteiger charge is -2.33. The van der Waals surface area contributed by atoms with Crippen LogP contribution in [-0.2, 0) is 4.79 Å². The van der Waals surface area contributed by atoms with Gasteiger partial charge in [0, 0.05) is 23.6 Å². The highest BCUT2D eigenvalue weighted by Gasteiger charge is 2.38. The highest BCUT2D eigenvalue weighted by molar-refractivity contribution is 7.98. The van der Waals surface area contributed by atoms with E-state index in [2.05, 4.69) is 15.3 Å². The number of carbonyl (C=O) groups is 1. The summed E-state index contributed by atoms with van der Waals surface area (Å²) in [4.78, 5) is 33.2. The highest BCUT2D eigenvalue weighted by atomic mass is 32.2. The summed E-state index contributed by atoms with van der Waals surface area (Å²) >= 11 is 1.37. The maximum Gasteiger partial charge on any atom is 0.257 e. The molecule has 1 aromatic carbocycles. The first-order valence-corrected chi connectivity index (χ1v) is 10.2. The quantitative estimate of drug-likeness (QED) is 0.603. The van der Waals surface area contributed by atoms with Crippen LogP contribution in [0.2, 0.25) is 0 Å². The van der Waals surface area contributed by atoms with Gasteiger partial charge in [-0.25, -0.2) is 4.98 Å². The Hall–Kier alpha value is -2.74. The van der Waals surface area contributed by atoms with Crippen LogP contribution in [0.15, 0.2) is 39.4 Å². The van der Waals surface area contributed by atoms with Gasteiger partial charge in [-0.15, -0.1) is 0 Å². The van der Waals surface area contributed by atoms with Crippen molar-refractivity contribution in [2.24, 2.45) is 0 Å². The van der Waals surface area contributed by atoms with Crippen molar-refractivity contribution in [3.8, 4) is 11.5 Å². The first-order chi connectivity index (χ1) is 13.6. The monoisotopic (exact) mass is 399 g/mol. The van der Waals surface area contributed by atoms with Crippen LogP contribution in [0.3, 0.4) is 0 Å². The number of fused-ring (bicyclic) bond motifs is 1. The molecule has 0 unspecified atom stereocenters. The lowest BCUT2D eigenvalue weighted by atomic mass is 9.76. The Kier molecular flexibility index (Phi) is 4.89. The van der Waals surface area contributed by atoms with E-state index in [-0.39, 0.29) is 11.3 Å². The Balaban J connectivity index is 1.97. The Bertz CT molecular complexity index is 1040. The van der Waals surface area contributed by atoms with Crippen LogP contribution in [-0.4, -0.2) is 36.2 Å². The highest BCUT2D eigenvalue weighted by Crippen LogP contribution is 2.45. The van der Waals surface area contributed by atoms with Crippen molar-refractivity contribution in [2.75, 3.05) is 25.8 Å². The van der Waals surface area contributed by atoms with Crippen molar-refractivity contribution in [3.63, 3.8) is 0 Å². The van der Waals surface area contributed by atoms with Crippen molar-refractivity contribution in [3.05, 3.63) is 50.9 Å². The van der Waals surface area contributed by atoms with Gasteiger partial charge in [0.05, 0.1) is 19.8 Å². The zero-order valence-corrected chi connectivity index (χ0v) is 16.7. The van der Waals surface area contributed by atoms with Gasteiger partial charge in [0.15, 0.2) is 22.4 Å². The number of nitrogens with one attached hydrogen (secondary N) is 2. The van der Waals surface area contributed by atoms with Crippen molar-refractivity contribution in [2.45, 2.75) is 30.3 Å². The summed E-state index contributed by atoms with van der Waals surface area (Å²) in [5, 5.41) is 3.79. The number of hydrogen-bond donors (Lipinski definition) is 2. The number of anilines is 1. The molecule has 1 aliphatic heterocycles. The van der Waals surface area contributed by atoms with Crippen LogP contribution in [0.4, 0.5) is 5.82 Å². The molecule has 0 radical (unpaired) electrons. The maximum absolute atomic E-state index is 12.9. The second-order valence-electron chi connectivity index (χ2n) is 6.68. The zero-order valence-electron chi connectivity index (χ0n) is 15.9. The lowest BCUT2D eigenvalue weighted by molar-refractivity contribution is -0.116. The number of rotatable bonds is 4. The summed E-state index contributed by atoms with van der Waals surface area (Å²) in [7, 11) is 3.13. The third-order valence-electron chi connectivity index (χ3n) is 5.17. The predicted molar refractivity (Wildman–Crippen MR) is 108 cm³/mol. The second kappa shape index (κ2) is 7.35. The number of aromatic amines is 1. The van der Waals surface area contributed by atoms with Crippen LogP contribution in [0.1, 0.15) is 36.3 Å². The van der Waals surface area contributed by atoms with Crippen molar-refractivity contribution in [1.82, 2.24) is 9.97 Å². The average Bonchev–Trinajstić information content (AvgIpc) is 2.71. The van der Waals surface area contributed by atoms with E-state index in [0.717, 1.165) is 24.1 Å². The molecule has 4 rings (SSSR count). The molecule has 2 aliphatic rings. The van der Waals surface area contributed by atoms with E-state index in [0.29, 0.717) is 40.0 Å². The maximum atomic E-state index is 12.9. The summed E-state index contributed by atoms with van der Waals surface area (Å²) in [6, 6.07) is 5.49. The van der Waals surface area contributed by atoms with E-state index < -0.39 is 5.92 Å². The molecule has 0 spiro atoms. The molecule has 2 heterocycles. The largest absolute Gasteiger partial charge is 0.493 e. The number of ketones is 1. The van der Waals surface area contributed by atoms with Crippen LogP contribution in [0.25, 0.3) is 0 Å². The first kappa shape index (κ1) is 18.6. The van der Waals surface area contributed by atoms with Gasteiger partial charge in [-0.2, -0.15) is 0 Å².